The molecule has 1 fully saturated rings. The molecular weight excluding hydrogens is 210 g/mol. The van der Waals surface area contributed by atoms with E-state index in [0.29, 0.717) is 6.04 Å². The molecule has 17 heavy (non-hydrogen) atoms. The minimum absolute atomic E-state index is 0.00686. The lowest BCUT2D eigenvalue weighted by molar-refractivity contribution is 0.0840. The van der Waals surface area contributed by atoms with Gasteiger partial charge in [-0.05, 0) is 26.2 Å². The third-order valence-corrected chi connectivity index (χ3v) is 3.63. The molecule has 0 aromatic carbocycles. The van der Waals surface area contributed by atoms with Crippen molar-refractivity contribution in [2.24, 2.45) is 0 Å². The second-order valence-electron chi connectivity index (χ2n) is 5.20. The molecule has 0 aromatic heterocycles. The van der Waals surface area contributed by atoms with Crippen molar-refractivity contribution < 1.29 is 0 Å². The molecule has 1 aliphatic rings. The summed E-state index contributed by atoms with van der Waals surface area (Å²) in [7, 11) is 0. The average Bonchev–Trinajstić information content (AvgIpc) is 2.35. The van der Waals surface area contributed by atoms with Gasteiger partial charge in [-0.1, -0.05) is 39.0 Å². The summed E-state index contributed by atoms with van der Waals surface area (Å²) in [5.41, 5.74) is 3.40. The van der Waals surface area contributed by atoms with Crippen molar-refractivity contribution in [3.8, 4) is 6.07 Å². The first kappa shape index (κ1) is 14.5. The maximum absolute atomic E-state index is 9.16. The number of hydrogen-bond donors (Lipinski definition) is 1. The summed E-state index contributed by atoms with van der Waals surface area (Å²) in [5.74, 6) is 0. The van der Waals surface area contributed by atoms with Gasteiger partial charge in [-0.25, -0.2) is 10.4 Å². The molecule has 3 heteroatoms. The first-order chi connectivity index (χ1) is 8.27. The van der Waals surface area contributed by atoms with Gasteiger partial charge in [0, 0.05) is 12.6 Å². The van der Waals surface area contributed by atoms with Crippen LogP contribution in [0.3, 0.4) is 0 Å². The summed E-state index contributed by atoms with van der Waals surface area (Å²) in [6.45, 7) is 5.56. The Balaban J connectivity index is 2.23. The fourth-order valence-corrected chi connectivity index (χ4v) is 2.42. The summed E-state index contributed by atoms with van der Waals surface area (Å²) in [6.07, 6.45) is 9.79. The van der Waals surface area contributed by atoms with Crippen molar-refractivity contribution in [2.45, 2.75) is 77.3 Å². The lowest BCUT2D eigenvalue weighted by atomic mass is 10.1. The van der Waals surface area contributed by atoms with E-state index in [2.05, 4.69) is 30.4 Å². The third-order valence-electron chi connectivity index (χ3n) is 3.63. The zero-order valence-corrected chi connectivity index (χ0v) is 11.4. The molecule has 0 amide bonds. The van der Waals surface area contributed by atoms with Gasteiger partial charge >= 0.3 is 0 Å². The van der Waals surface area contributed by atoms with Crippen molar-refractivity contribution in [1.82, 2.24) is 10.4 Å². The van der Waals surface area contributed by atoms with Gasteiger partial charge in [0.15, 0.2) is 0 Å². The highest BCUT2D eigenvalue weighted by Gasteiger charge is 2.20. The number of hydrazine groups is 1. The quantitative estimate of drug-likeness (QED) is 0.691. The van der Waals surface area contributed by atoms with Gasteiger partial charge in [0.05, 0.1) is 6.07 Å². The molecule has 1 N–H and O–H groups in total. The molecule has 0 saturated carbocycles. The molecule has 0 aromatic rings. The molecule has 2 atom stereocenters. The molecule has 1 heterocycles. The van der Waals surface area contributed by atoms with E-state index in [9.17, 15) is 0 Å². The number of unbranched alkanes of at least 4 members (excludes halogenated alkanes) is 3. The minimum Gasteiger partial charge on any atom is -0.240 e. The van der Waals surface area contributed by atoms with Crippen LogP contribution in [0.4, 0.5) is 0 Å². The van der Waals surface area contributed by atoms with Crippen molar-refractivity contribution in [1.29, 1.82) is 5.26 Å². The minimum atomic E-state index is 0.00686. The van der Waals surface area contributed by atoms with E-state index in [4.69, 9.17) is 5.26 Å². The Morgan fingerprint density at radius 3 is 2.82 bits per heavy atom. The fourth-order valence-electron chi connectivity index (χ4n) is 2.42. The van der Waals surface area contributed by atoms with Crippen LogP contribution in [0.2, 0.25) is 0 Å². The molecule has 0 bridgehead atoms. The van der Waals surface area contributed by atoms with Gasteiger partial charge in [-0.3, -0.25) is 0 Å². The topological polar surface area (TPSA) is 39.1 Å². The number of hydrogen-bond acceptors (Lipinski definition) is 3. The molecule has 1 saturated heterocycles. The van der Waals surface area contributed by atoms with Gasteiger partial charge in [-0.2, -0.15) is 5.26 Å². The summed E-state index contributed by atoms with van der Waals surface area (Å²) in [5, 5.41) is 11.4. The van der Waals surface area contributed by atoms with Crippen LogP contribution < -0.4 is 5.43 Å². The van der Waals surface area contributed by atoms with E-state index in [1.807, 2.05) is 0 Å². The van der Waals surface area contributed by atoms with Crippen LogP contribution >= 0.6 is 0 Å². The summed E-state index contributed by atoms with van der Waals surface area (Å²) in [4.78, 5) is 0. The Kier molecular flexibility index (Phi) is 7.23. The molecule has 0 aliphatic carbocycles. The predicted octanol–water partition coefficient (Wildman–Crippen LogP) is 3.23. The second kappa shape index (κ2) is 8.49. The first-order valence-corrected chi connectivity index (χ1v) is 7.20. The molecule has 1 aliphatic heterocycles. The van der Waals surface area contributed by atoms with Crippen molar-refractivity contribution in [3.05, 3.63) is 0 Å². The van der Waals surface area contributed by atoms with Gasteiger partial charge in [-0.15, -0.1) is 0 Å². The van der Waals surface area contributed by atoms with Crippen LogP contribution in [0.15, 0.2) is 0 Å². The zero-order chi connectivity index (χ0) is 12.5. The number of nitriles is 1. The lowest BCUT2D eigenvalue weighted by Crippen LogP contribution is -2.51. The maximum Gasteiger partial charge on any atom is 0.108 e. The Hall–Kier alpha value is -0.590. The highest BCUT2D eigenvalue weighted by atomic mass is 15.5. The average molecular weight is 237 g/mol. The van der Waals surface area contributed by atoms with Crippen molar-refractivity contribution >= 4 is 0 Å². The van der Waals surface area contributed by atoms with E-state index in [-0.39, 0.29) is 6.04 Å². The number of piperidine rings is 1. The SMILES string of the molecule is CCCCCCC(C#N)NN1CCCCC1C. The van der Waals surface area contributed by atoms with E-state index in [1.54, 1.807) is 0 Å². The van der Waals surface area contributed by atoms with E-state index >= 15 is 0 Å². The summed E-state index contributed by atoms with van der Waals surface area (Å²) < 4.78 is 0. The van der Waals surface area contributed by atoms with E-state index in [1.165, 1.54) is 44.9 Å². The normalized spacial score (nSPS) is 23.2. The molecule has 0 radical (unpaired) electrons. The molecular formula is C14H27N3. The predicted molar refractivity (Wildman–Crippen MR) is 71.3 cm³/mol. The highest BCUT2D eigenvalue weighted by molar-refractivity contribution is 4.89. The second-order valence-corrected chi connectivity index (χ2v) is 5.20. The van der Waals surface area contributed by atoms with Gasteiger partial charge in [0.2, 0.25) is 0 Å². The van der Waals surface area contributed by atoms with Crippen molar-refractivity contribution in [2.75, 3.05) is 6.54 Å². The maximum atomic E-state index is 9.16. The Labute approximate surface area is 106 Å². The van der Waals surface area contributed by atoms with Gasteiger partial charge in [0.25, 0.3) is 0 Å². The third kappa shape index (κ3) is 5.52. The molecule has 2 unspecified atom stereocenters. The Morgan fingerprint density at radius 1 is 1.35 bits per heavy atom. The van der Waals surface area contributed by atoms with Crippen LogP contribution in [0.5, 0.6) is 0 Å². The number of nitrogens with zero attached hydrogens (tertiary/aromatic N) is 2. The molecule has 3 nitrogen and oxygen atoms in total. The largest absolute Gasteiger partial charge is 0.240 e. The van der Waals surface area contributed by atoms with Crippen LogP contribution in [0, 0.1) is 11.3 Å². The van der Waals surface area contributed by atoms with Crippen molar-refractivity contribution in [3.63, 3.8) is 0 Å². The zero-order valence-electron chi connectivity index (χ0n) is 11.4. The van der Waals surface area contributed by atoms with Crippen LogP contribution in [0.1, 0.15) is 65.2 Å². The van der Waals surface area contributed by atoms with Crippen LogP contribution in [0.25, 0.3) is 0 Å². The fraction of sp³-hybridized carbons (Fsp3) is 0.929. The smallest absolute Gasteiger partial charge is 0.108 e. The molecule has 98 valence electrons. The summed E-state index contributed by atoms with van der Waals surface area (Å²) in [6, 6.07) is 2.98. The van der Waals surface area contributed by atoms with Crippen LogP contribution in [-0.4, -0.2) is 23.6 Å². The Morgan fingerprint density at radius 2 is 2.18 bits per heavy atom. The monoisotopic (exact) mass is 237 g/mol. The number of nitrogens with one attached hydrogen (secondary N) is 1. The Bertz CT molecular complexity index is 234. The highest BCUT2D eigenvalue weighted by Crippen LogP contribution is 2.15. The van der Waals surface area contributed by atoms with Crippen LogP contribution in [-0.2, 0) is 0 Å². The van der Waals surface area contributed by atoms with E-state index in [0.717, 1.165) is 13.0 Å². The van der Waals surface area contributed by atoms with E-state index < -0.39 is 0 Å². The van der Waals surface area contributed by atoms with Gasteiger partial charge in [0.1, 0.15) is 6.04 Å². The first-order valence-electron chi connectivity index (χ1n) is 7.20. The van der Waals surface area contributed by atoms with Gasteiger partial charge < -0.3 is 0 Å². The molecule has 0 spiro atoms. The number of rotatable bonds is 7. The standard InChI is InChI=1S/C14H27N3/c1-3-4-5-6-10-14(12-15)16-17-11-8-7-9-13(17)2/h13-14,16H,3-11H2,1-2H3. The summed E-state index contributed by atoms with van der Waals surface area (Å²) >= 11 is 0. The lowest BCUT2D eigenvalue weighted by Gasteiger charge is -2.35. The molecule has 1 rings (SSSR count).